The lowest BCUT2D eigenvalue weighted by Crippen LogP contribution is -2.51. The Kier molecular flexibility index (Phi) is 8.20. The molecule has 1 aromatic rings. The van der Waals surface area contributed by atoms with E-state index in [2.05, 4.69) is 51.8 Å². The number of aliphatic imine (C=N–C) groups is 1. The van der Waals surface area contributed by atoms with Crippen LogP contribution in [0.2, 0.25) is 0 Å². The number of rotatable bonds is 4. The van der Waals surface area contributed by atoms with Crippen molar-refractivity contribution in [2.75, 3.05) is 32.4 Å². The van der Waals surface area contributed by atoms with Gasteiger partial charge < -0.3 is 10.2 Å². The first-order valence-electron chi connectivity index (χ1n) is 8.02. The highest BCUT2D eigenvalue weighted by Crippen LogP contribution is 2.29. The van der Waals surface area contributed by atoms with Crippen molar-refractivity contribution in [2.45, 2.75) is 45.4 Å². The van der Waals surface area contributed by atoms with Gasteiger partial charge in [0.2, 0.25) is 0 Å². The molecule has 0 atom stereocenters. The largest absolute Gasteiger partial charge is 0.356 e. The Morgan fingerprint density at radius 1 is 1.43 bits per heavy atom. The Morgan fingerprint density at radius 3 is 2.74 bits per heavy atom. The summed E-state index contributed by atoms with van der Waals surface area (Å²) in [5.74, 6) is 2.20. The van der Waals surface area contributed by atoms with E-state index >= 15 is 0 Å². The minimum atomic E-state index is 0. The number of hydrogen-bond donors (Lipinski definition) is 1. The Morgan fingerprint density at radius 2 is 2.17 bits per heavy atom. The predicted octanol–water partition coefficient (Wildman–Crippen LogP) is 2.91. The molecule has 0 unspecified atom stereocenters. The fourth-order valence-electron chi connectivity index (χ4n) is 2.86. The Balaban J connectivity index is 0.00000264. The summed E-state index contributed by atoms with van der Waals surface area (Å²) in [6, 6.07) is 2.12. The van der Waals surface area contributed by atoms with Crippen LogP contribution in [0.4, 0.5) is 0 Å². The molecule has 0 radical (unpaired) electrons. The molecule has 0 aliphatic carbocycles. The number of guanidine groups is 1. The van der Waals surface area contributed by atoms with Crippen LogP contribution in [-0.4, -0.2) is 57.8 Å². The van der Waals surface area contributed by atoms with Gasteiger partial charge in [-0.3, -0.25) is 9.67 Å². The maximum absolute atomic E-state index is 4.50. The van der Waals surface area contributed by atoms with Crippen LogP contribution >= 0.6 is 35.7 Å². The van der Waals surface area contributed by atoms with Crippen LogP contribution in [0.15, 0.2) is 11.1 Å². The number of aromatic nitrogens is 2. The standard InChI is InChI=1S/C16H29N5S.HI/c1-13-11-14(2)21(19-13)8-6-7-18-15(17-5)20-9-10-22-16(3,4)12-20;/h11H,6-10,12H2,1-5H3,(H,17,18);1H. The first-order valence-corrected chi connectivity index (χ1v) is 9.00. The van der Waals surface area contributed by atoms with E-state index in [9.17, 15) is 0 Å². The highest BCUT2D eigenvalue weighted by Gasteiger charge is 2.28. The molecular weight excluding hydrogens is 421 g/mol. The lowest BCUT2D eigenvalue weighted by molar-refractivity contribution is 0.375. The second kappa shape index (κ2) is 9.15. The SMILES string of the molecule is CN=C(NCCCn1nc(C)cc1C)N1CCSC(C)(C)C1.I. The van der Waals surface area contributed by atoms with Crippen molar-refractivity contribution in [1.82, 2.24) is 20.0 Å². The number of nitrogens with one attached hydrogen (secondary N) is 1. The van der Waals surface area contributed by atoms with Crippen molar-refractivity contribution in [3.8, 4) is 0 Å². The molecule has 5 nitrogen and oxygen atoms in total. The molecule has 0 bridgehead atoms. The molecule has 1 saturated heterocycles. The van der Waals surface area contributed by atoms with E-state index in [-0.39, 0.29) is 24.0 Å². The molecule has 0 saturated carbocycles. The fraction of sp³-hybridized carbons (Fsp3) is 0.750. The van der Waals surface area contributed by atoms with Crippen LogP contribution in [0.1, 0.15) is 31.7 Å². The number of halogens is 1. The molecule has 0 amide bonds. The first-order chi connectivity index (χ1) is 10.4. The molecule has 7 heteroatoms. The summed E-state index contributed by atoms with van der Waals surface area (Å²) in [7, 11) is 1.87. The molecule has 0 aromatic carbocycles. The number of aryl methyl sites for hydroxylation is 3. The Bertz CT molecular complexity index is 527. The lowest BCUT2D eigenvalue weighted by atomic mass is 10.2. The topological polar surface area (TPSA) is 45.5 Å². The van der Waals surface area contributed by atoms with Gasteiger partial charge in [-0.15, -0.1) is 24.0 Å². The summed E-state index contributed by atoms with van der Waals surface area (Å²) < 4.78 is 2.39. The molecule has 1 fully saturated rings. The summed E-state index contributed by atoms with van der Waals surface area (Å²) in [5, 5.41) is 8.00. The van der Waals surface area contributed by atoms with Crippen molar-refractivity contribution in [3.05, 3.63) is 17.5 Å². The van der Waals surface area contributed by atoms with Gasteiger partial charge in [0.15, 0.2) is 5.96 Å². The van der Waals surface area contributed by atoms with Crippen molar-refractivity contribution in [1.29, 1.82) is 0 Å². The van der Waals surface area contributed by atoms with Crippen LogP contribution in [0, 0.1) is 13.8 Å². The van der Waals surface area contributed by atoms with Gasteiger partial charge in [-0.2, -0.15) is 16.9 Å². The van der Waals surface area contributed by atoms with Gasteiger partial charge in [0.05, 0.1) is 5.69 Å². The normalized spacial score (nSPS) is 17.8. The van der Waals surface area contributed by atoms with Gasteiger partial charge in [-0.05, 0) is 40.2 Å². The zero-order chi connectivity index (χ0) is 16.2. The molecule has 2 heterocycles. The summed E-state index contributed by atoms with van der Waals surface area (Å²) in [6.45, 7) is 12.8. The van der Waals surface area contributed by atoms with Crippen molar-refractivity contribution >= 4 is 41.7 Å². The maximum Gasteiger partial charge on any atom is 0.193 e. The highest BCUT2D eigenvalue weighted by atomic mass is 127. The number of hydrogen-bond acceptors (Lipinski definition) is 3. The third-order valence-electron chi connectivity index (χ3n) is 3.87. The summed E-state index contributed by atoms with van der Waals surface area (Å²) >= 11 is 2.05. The molecular formula is C16H30IN5S. The van der Waals surface area contributed by atoms with E-state index < -0.39 is 0 Å². The lowest BCUT2D eigenvalue weighted by Gasteiger charge is -2.39. The second-order valence-electron chi connectivity index (χ2n) is 6.51. The van der Waals surface area contributed by atoms with E-state index in [0.29, 0.717) is 4.75 Å². The number of nitrogens with zero attached hydrogens (tertiary/aromatic N) is 4. The third-order valence-corrected chi connectivity index (χ3v) is 5.17. The molecule has 1 aliphatic rings. The van der Waals surface area contributed by atoms with Gasteiger partial charge >= 0.3 is 0 Å². The summed E-state index contributed by atoms with van der Waals surface area (Å²) in [4.78, 5) is 6.82. The minimum Gasteiger partial charge on any atom is -0.356 e. The molecule has 23 heavy (non-hydrogen) atoms. The van der Waals surface area contributed by atoms with E-state index in [1.807, 2.05) is 25.7 Å². The minimum absolute atomic E-state index is 0. The van der Waals surface area contributed by atoms with Gasteiger partial charge in [0.25, 0.3) is 0 Å². The van der Waals surface area contributed by atoms with Crippen LogP contribution < -0.4 is 5.32 Å². The van der Waals surface area contributed by atoms with Gasteiger partial charge in [0, 0.05) is 49.4 Å². The van der Waals surface area contributed by atoms with Gasteiger partial charge in [0.1, 0.15) is 0 Å². The zero-order valence-electron chi connectivity index (χ0n) is 14.9. The average Bonchev–Trinajstić information content (AvgIpc) is 2.76. The summed E-state index contributed by atoms with van der Waals surface area (Å²) in [5.41, 5.74) is 2.33. The molecule has 1 N–H and O–H groups in total. The highest BCUT2D eigenvalue weighted by molar-refractivity contribution is 14.0. The van der Waals surface area contributed by atoms with Crippen LogP contribution in [-0.2, 0) is 6.54 Å². The fourth-order valence-corrected chi connectivity index (χ4v) is 3.97. The van der Waals surface area contributed by atoms with Gasteiger partial charge in [-0.25, -0.2) is 0 Å². The van der Waals surface area contributed by atoms with E-state index in [4.69, 9.17) is 0 Å². The van der Waals surface area contributed by atoms with Crippen molar-refractivity contribution < 1.29 is 0 Å². The smallest absolute Gasteiger partial charge is 0.193 e. The maximum atomic E-state index is 4.50. The molecule has 132 valence electrons. The van der Waals surface area contributed by atoms with Crippen molar-refractivity contribution in [2.24, 2.45) is 4.99 Å². The first kappa shape index (κ1) is 20.6. The Hall–Kier alpha value is -0.440. The van der Waals surface area contributed by atoms with E-state index in [0.717, 1.165) is 44.3 Å². The molecule has 2 rings (SSSR count). The zero-order valence-corrected chi connectivity index (χ0v) is 18.1. The quantitative estimate of drug-likeness (QED) is 0.331. The summed E-state index contributed by atoms with van der Waals surface area (Å²) in [6.07, 6.45) is 1.05. The molecule has 0 spiro atoms. The van der Waals surface area contributed by atoms with Gasteiger partial charge in [-0.1, -0.05) is 0 Å². The van der Waals surface area contributed by atoms with Crippen LogP contribution in [0.25, 0.3) is 0 Å². The molecule has 1 aromatic heterocycles. The van der Waals surface area contributed by atoms with Crippen LogP contribution in [0.3, 0.4) is 0 Å². The predicted molar refractivity (Wildman–Crippen MR) is 111 cm³/mol. The Labute approximate surface area is 161 Å². The average molecular weight is 451 g/mol. The van der Waals surface area contributed by atoms with Crippen molar-refractivity contribution in [3.63, 3.8) is 0 Å². The van der Waals surface area contributed by atoms with E-state index in [1.165, 1.54) is 11.4 Å². The van der Waals surface area contributed by atoms with E-state index in [1.54, 1.807) is 0 Å². The number of thioether (sulfide) groups is 1. The monoisotopic (exact) mass is 451 g/mol. The second-order valence-corrected chi connectivity index (χ2v) is 8.31. The third kappa shape index (κ3) is 6.17. The van der Waals surface area contributed by atoms with Crippen LogP contribution in [0.5, 0.6) is 0 Å². The molecule has 1 aliphatic heterocycles.